The van der Waals surface area contributed by atoms with Crippen molar-refractivity contribution in [2.24, 2.45) is 0 Å². The number of carbonyl (C=O) groups excluding carboxylic acids is 1. The molecule has 2 N–H and O–H groups in total. The number of pyridine rings is 1. The van der Waals surface area contributed by atoms with E-state index in [9.17, 15) is 22.8 Å². The number of benzene rings is 1. The Hall–Kier alpha value is -2.61. The summed E-state index contributed by atoms with van der Waals surface area (Å²) in [4.78, 5) is 27.6. The molecule has 0 aliphatic carbocycles. The first kappa shape index (κ1) is 19.7. The van der Waals surface area contributed by atoms with Gasteiger partial charge in [0, 0.05) is 13.1 Å². The van der Waals surface area contributed by atoms with Gasteiger partial charge in [-0.3, -0.25) is 9.59 Å². The van der Waals surface area contributed by atoms with E-state index >= 15 is 0 Å². The van der Waals surface area contributed by atoms with Crippen LogP contribution in [0.4, 0.5) is 13.2 Å². The van der Waals surface area contributed by atoms with Crippen molar-refractivity contribution in [3.8, 4) is 0 Å². The number of amides is 1. The van der Waals surface area contributed by atoms with E-state index in [0.29, 0.717) is 6.07 Å². The summed E-state index contributed by atoms with van der Waals surface area (Å²) in [5, 5.41) is 2.56. The van der Waals surface area contributed by atoms with Crippen molar-refractivity contribution in [3.63, 3.8) is 0 Å². The first-order chi connectivity index (χ1) is 12.2. The first-order valence-corrected chi connectivity index (χ1v) is 8.05. The molecule has 0 saturated heterocycles. The molecule has 2 aromatic rings. The first-order valence-electron chi connectivity index (χ1n) is 8.05. The molecular formula is C18H20F3N3O2. The lowest BCUT2D eigenvalue weighted by Gasteiger charge is -2.14. The molecular weight excluding hydrogens is 347 g/mol. The van der Waals surface area contributed by atoms with Crippen molar-refractivity contribution < 1.29 is 18.0 Å². The van der Waals surface area contributed by atoms with Crippen LogP contribution in [0.2, 0.25) is 0 Å². The van der Waals surface area contributed by atoms with E-state index in [1.807, 2.05) is 38.2 Å². The summed E-state index contributed by atoms with van der Waals surface area (Å²) < 4.78 is 37.6. The molecule has 0 saturated carbocycles. The number of carbonyl (C=O) groups is 1. The fraction of sp³-hybridized carbons (Fsp3) is 0.333. The molecule has 26 heavy (non-hydrogen) atoms. The molecule has 0 aliphatic rings. The van der Waals surface area contributed by atoms with Gasteiger partial charge < -0.3 is 15.2 Å². The molecule has 0 atom stereocenters. The maximum atomic E-state index is 12.5. The Morgan fingerprint density at radius 1 is 1.19 bits per heavy atom. The monoisotopic (exact) mass is 367 g/mol. The number of nitrogens with one attached hydrogen (secondary N) is 2. The summed E-state index contributed by atoms with van der Waals surface area (Å²) in [6.45, 7) is 3.88. The summed E-state index contributed by atoms with van der Waals surface area (Å²) in [6, 6.07) is 9.15. The lowest BCUT2D eigenvalue weighted by atomic mass is 10.1. The Kier molecular flexibility index (Phi) is 6.20. The van der Waals surface area contributed by atoms with Crippen LogP contribution in [0.5, 0.6) is 0 Å². The van der Waals surface area contributed by atoms with Gasteiger partial charge in [0.1, 0.15) is 11.3 Å². The van der Waals surface area contributed by atoms with Crippen molar-refractivity contribution in [1.82, 2.24) is 15.2 Å². The second kappa shape index (κ2) is 8.18. The fourth-order valence-corrected chi connectivity index (χ4v) is 2.36. The molecule has 5 nitrogen and oxygen atoms in total. The highest BCUT2D eigenvalue weighted by Crippen LogP contribution is 2.26. The van der Waals surface area contributed by atoms with Crippen LogP contribution < -0.4 is 10.9 Å². The third-order valence-corrected chi connectivity index (χ3v) is 3.90. The molecule has 0 radical (unpaired) electrons. The zero-order valence-corrected chi connectivity index (χ0v) is 14.5. The SMILES string of the molecule is CCN(C)Cc1cccc(CNC(=O)c2ccc(C(F)(F)F)[nH]c2=O)c1. The summed E-state index contributed by atoms with van der Waals surface area (Å²) in [5.41, 5.74) is -0.709. The zero-order chi connectivity index (χ0) is 19.3. The maximum absolute atomic E-state index is 12.5. The highest BCUT2D eigenvalue weighted by Gasteiger charge is 2.32. The van der Waals surface area contributed by atoms with Gasteiger partial charge in [0.25, 0.3) is 11.5 Å². The number of alkyl halides is 3. The Morgan fingerprint density at radius 2 is 1.88 bits per heavy atom. The second-order valence-electron chi connectivity index (χ2n) is 5.95. The Labute approximate surface area is 148 Å². The summed E-state index contributed by atoms with van der Waals surface area (Å²) in [7, 11) is 1.99. The van der Waals surface area contributed by atoms with Crippen LogP contribution in [-0.2, 0) is 19.3 Å². The van der Waals surface area contributed by atoms with Crippen molar-refractivity contribution in [2.75, 3.05) is 13.6 Å². The molecule has 0 fully saturated rings. The largest absolute Gasteiger partial charge is 0.431 e. The fourth-order valence-electron chi connectivity index (χ4n) is 2.36. The van der Waals surface area contributed by atoms with E-state index in [4.69, 9.17) is 0 Å². The van der Waals surface area contributed by atoms with Crippen molar-refractivity contribution in [3.05, 3.63) is 69.1 Å². The highest BCUT2D eigenvalue weighted by atomic mass is 19.4. The third-order valence-electron chi connectivity index (χ3n) is 3.90. The molecule has 0 aliphatic heterocycles. The minimum atomic E-state index is -4.67. The van der Waals surface area contributed by atoms with Gasteiger partial charge in [0.05, 0.1) is 0 Å². The molecule has 0 spiro atoms. The van der Waals surface area contributed by atoms with Crippen LogP contribution in [0.25, 0.3) is 0 Å². The van der Waals surface area contributed by atoms with Crippen molar-refractivity contribution in [2.45, 2.75) is 26.2 Å². The summed E-state index contributed by atoms with van der Waals surface area (Å²) in [6.07, 6.45) is -4.67. The zero-order valence-electron chi connectivity index (χ0n) is 14.5. The molecule has 2 rings (SSSR count). The van der Waals surface area contributed by atoms with Gasteiger partial charge in [-0.2, -0.15) is 13.2 Å². The molecule has 140 valence electrons. The molecule has 0 unspecified atom stereocenters. The third kappa shape index (κ3) is 5.19. The van der Waals surface area contributed by atoms with Gasteiger partial charge in [-0.25, -0.2) is 0 Å². The van der Waals surface area contributed by atoms with Gasteiger partial charge in [-0.1, -0.05) is 31.2 Å². The van der Waals surface area contributed by atoms with Crippen LogP contribution >= 0.6 is 0 Å². The van der Waals surface area contributed by atoms with E-state index in [1.165, 1.54) is 0 Å². The number of aromatic nitrogens is 1. The Balaban J connectivity index is 2.05. The van der Waals surface area contributed by atoms with Gasteiger partial charge in [0.2, 0.25) is 0 Å². The smallest absolute Gasteiger partial charge is 0.348 e. The van der Waals surface area contributed by atoms with E-state index in [2.05, 4.69) is 10.2 Å². The second-order valence-corrected chi connectivity index (χ2v) is 5.95. The van der Waals surface area contributed by atoms with Crippen molar-refractivity contribution in [1.29, 1.82) is 0 Å². The molecule has 0 bridgehead atoms. The number of H-pyrrole nitrogens is 1. The van der Waals surface area contributed by atoms with E-state index < -0.39 is 23.3 Å². The predicted molar refractivity (Wildman–Crippen MR) is 91.7 cm³/mol. The Bertz CT molecular complexity index is 831. The van der Waals surface area contributed by atoms with Crippen LogP contribution in [0, 0.1) is 0 Å². The normalized spacial score (nSPS) is 11.6. The lowest BCUT2D eigenvalue weighted by molar-refractivity contribution is -0.141. The van der Waals surface area contributed by atoms with Crippen LogP contribution in [-0.4, -0.2) is 29.4 Å². The van der Waals surface area contributed by atoms with E-state index in [0.717, 1.165) is 30.3 Å². The summed E-state index contributed by atoms with van der Waals surface area (Å²) in [5.74, 6) is -0.726. The van der Waals surface area contributed by atoms with Gasteiger partial charge in [-0.15, -0.1) is 0 Å². The minimum Gasteiger partial charge on any atom is -0.348 e. The van der Waals surface area contributed by atoms with E-state index in [-0.39, 0.29) is 12.1 Å². The minimum absolute atomic E-state index is 0.170. The number of hydrogen-bond acceptors (Lipinski definition) is 3. The Morgan fingerprint density at radius 3 is 2.50 bits per heavy atom. The lowest BCUT2D eigenvalue weighted by Crippen LogP contribution is -2.30. The average Bonchev–Trinajstić information content (AvgIpc) is 2.59. The molecule has 1 aromatic carbocycles. The molecule has 8 heteroatoms. The quantitative estimate of drug-likeness (QED) is 0.825. The predicted octanol–water partition coefficient (Wildman–Crippen LogP) is 2.78. The van der Waals surface area contributed by atoms with E-state index in [1.54, 1.807) is 4.98 Å². The standard InChI is InChI=1S/C18H20F3N3O2/c1-3-24(2)11-13-6-4-5-12(9-13)10-22-16(25)14-7-8-15(18(19,20)21)23-17(14)26/h4-9H,3,10-11H2,1-2H3,(H,22,25)(H,23,26). The molecule has 1 amide bonds. The number of halogens is 3. The number of nitrogens with zero attached hydrogens (tertiary/aromatic N) is 1. The van der Waals surface area contributed by atoms with Gasteiger partial charge in [0.15, 0.2) is 0 Å². The molecule has 1 heterocycles. The van der Waals surface area contributed by atoms with Crippen LogP contribution in [0.15, 0.2) is 41.2 Å². The van der Waals surface area contributed by atoms with Crippen LogP contribution in [0.1, 0.15) is 34.1 Å². The highest BCUT2D eigenvalue weighted by molar-refractivity contribution is 5.93. The number of aromatic amines is 1. The molecule has 1 aromatic heterocycles. The van der Waals surface area contributed by atoms with Crippen LogP contribution in [0.3, 0.4) is 0 Å². The number of hydrogen-bond donors (Lipinski definition) is 2. The van der Waals surface area contributed by atoms with Gasteiger partial charge in [-0.05, 0) is 36.9 Å². The van der Waals surface area contributed by atoms with Crippen molar-refractivity contribution >= 4 is 5.91 Å². The van der Waals surface area contributed by atoms with Gasteiger partial charge >= 0.3 is 6.18 Å². The number of rotatable bonds is 6. The maximum Gasteiger partial charge on any atom is 0.431 e. The summed E-state index contributed by atoms with van der Waals surface area (Å²) >= 11 is 0. The topological polar surface area (TPSA) is 65.2 Å². The average molecular weight is 367 g/mol.